The van der Waals surface area contributed by atoms with E-state index in [1.165, 1.54) is 7.11 Å². The Balaban J connectivity index is 1.73. The van der Waals surface area contributed by atoms with Crippen LogP contribution in [0.25, 0.3) is 0 Å². The summed E-state index contributed by atoms with van der Waals surface area (Å²) < 4.78 is 5.10. The second-order valence-corrected chi connectivity index (χ2v) is 9.07. The summed E-state index contributed by atoms with van der Waals surface area (Å²) >= 11 is 0. The molecule has 2 atom stereocenters. The van der Waals surface area contributed by atoms with Crippen molar-refractivity contribution in [3.63, 3.8) is 0 Å². The molecule has 3 aromatic rings. The van der Waals surface area contributed by atoms with Crippen LogP contribution in [-0.2, 0) is 20.9 Å². The first-order chi connectivity index (χ1) is 16.9. The number of hydrogen-bond donors (Lipinski definition) is 0. The standard InChI is InChI=1S/C28H28N4O3/c1-19-14-16-23(17-15-19)32-28(3)27(34)30(20(2)21-10-6-5-7-11-21)18-22-12-8-9-13-24(22)31(28)25(29-32)26(33)35-4/h5-17,20H,18H2,1-4H3/t20-,28+/m0/s1. The molecule has 0 aromatic heterocycles. The van der Waals surface area contributed by atoms with E-state index in [2.05, 4.69) is 5.10 Å². The smallest absolute Gasteiger partial charge is 0.376 e. The molecule has 0 N–H and O–H groups in total. The molecule has 2 heterocycles. The van der Waals surface area contributed by atoms with E-state index in [-0.39, 0.29) is 17.8 Å². The number of fused-ring (bicyclic) bond motifs is 3. The molecule has 0 saturated heterocycles. The lowest BCUT2D eigenvalue weighted by atomic mass is 10.0. The molecule has 0 spiro atoms. The van der Waals surface area contributed by atoms with Crippen LogP contribution in [-0.4, -0.2) is 35.4 Å². The van der Waals surface area contributed by atoms with Gasteiger partial charge in [-0.05, 0) is 50.1 Å². The summed E-state index contributed by atoms with van der Waals surface area (Å²) in [6, 6.07) is 25.3. The predicted molar refractivity (Wildman–Crippen MR) is 136 cm³/mol. The Morgan fingerprint density at radius 1 is 1.00 bits per heavy atom. The van der Waals surface area contributed by atoms with Gasteiger partial charge in [0.05, 0.1) is 24.5 Å². The highest BCUT2D eigenvalue weighted by Crippen LogP contribution is 2.44. The van der Waals surface area contributed by atoms with Gasteiger partial charge in [-0.15, -0.1) is 5.10 Å². The quantitative estimate of drug-likeness (QED) is 0.523. The zero-order chi connectivity index (χ0) is 24.7. The summed E-state index contributed by atoms with van der Waals surface area (Å²) in [5, 5.41) is 6.33. The van der Waals surface area contributed by atoms with Crippen molar-refractivity contribution in [1.82, 2.24) is 4.90 Å². The van der Waals surface area contributed by atoms with Gasteiger partial charge < -0.3 is 9.64 Å². The molecule has 7 nitrogen and oxygen atoms in total. The van der Waals surface area contributed by atoms with E-state index in [0.29, 0.717) is 12.2 Å². The lowest BCUT2D eigenvalue weighted by Crippen LogP contribution is -2.63. The first-order valence-electron chi connectivity index (χ1n) is 11.6. The maximum atomic E-state index is 14.6. The van der Waals surface area contributed by atoms with E-state index >= 15 is 0 Å². The van der Waals surface area contributed by atoms with Gasteiger partial charge in [0.25, 0.3) is 5.91 Å². The maximum absolute atomic E-state index is 14.6. The number of amides is 1. The Bertz CT molecular complexity index is 1310. The molecule has 35 heavy (non-hydrogen) atoms. The monoisotopic (exact) mass is 468 g/mol. The number of aryl methyl sites for hydroxylation is 1. The number of methoxy groups -OCH3 is 1. The van der Waals surface area contributed by atoms with Crippen molar-refractivity contribution in [3.05, 3.63) is 95.6 Å². The molecule has 0 bridgehead atoms. The lowest BCUT2D eigenvalue weighted by Gasteiger charge is -2.42. The predicted octanol–water partition coefficient (Wildman–Crippen LogP) is 4.63. The normalized spacial score (nSPS) is 20.1. The Kier molecular flexibility index (Phi) is 5.55. The highest BCUT2D eigenvalue weighted by Gasteiger charge is 2.58. The van der Waals surface area contributed by atoms with E-state index in [9.17, 15) is 9.59 Å². The number of rotatable bonds is 4. The highest BCUT2D eigenvalue weighted by molar-refractivity contribution is 6.43. The van der Waals surface area contributed by atoms with Crippen LogP contribution in [0.3, 0.4) is 0 Å². The zero-order valence-corrected chi connectivity index (χ0v) is 20.3. The second-order valence-electron chi connectivity index (χ2n) is 9.07. The minimum absolute atomic E-state index is 0.0746. The first kappa shape index (κ1) is 22.7. The summed E-state index contributed by atoms with van der Waals surface area (Å²) in [6.07, 6.45) is 0. The third-order valence-corrected chi connectivity index (χ3v) is 6.89. The molecule has 0 saturated carbocycles. The van der Waals surface area contributed by atoms with Crippen LogP contribution in [0, 0.1) is 6.92 Å². The van der Waals surface area contributed by atoms with E-state index in [1.807, 2.05) is 105 Å². The number of hydrazone groups is 1. The molecular formula is C28H28N4O3. The molecule has 0 aliphatic carbocycles. The van der Waals surface area contributed by atoms with Gasteiger partial charge in [-0.25, -0.2) is 9.80 Å². The van der Waals surface area contributed by atoms with Crippen LogP contribution in [0.2, 0.25) is 0 Å². The lowest BCUT2D eigenvalue weighted by molar-refractivity contribution is -0.138. The van der Waals surface area contributed by atoms with Crippen LogP contribution in [0.4, 0.5) is 11.4 Å². The Morgan fingerprint density at radius 3 is 2.34 bits per heavy atom. The van der Waals surface area contributed by atoms with Crippen LogP contribution < -0.4 is 9.91 Å². The average Bonchev–Trinajstić information content (AvgIpc) is 3.16. The highest BCUT2D eigenvalue weighted by atomic mass is 16.5. The van der Waals surface area contributed by atoms with E-state index in [1.54, 1.807) is 9.91 Å². The Labute approximate surface area is 205 Å². The number of amidine groups is 1. The number of carbonyl (C=O) groups excluding carboxylic acids is 2. The third-order valence-electron chi connectivity index (χ3n) is 6.89. The zero-order valence-electron chi connectivity index (χ0n) is 20.3. The van der Waals surface area contributed by atoms with Crippen molar-refractivity contribution >= 4 is 29.1 Å². The molecule has 0 radical (unpaired) electrons. The number of nitrogens with zero attached hydrogens (tertiary/aromatic N) is 4. The largest absolute Gasteiger partial charge is 0.463 e. The van der Waals surface area contributed by atoms with E-state index in [4.69, 9.17) is 4.74 Å². The van der Waals surface area contributed by atoms with Crippen LogP contribution in [0.1, 0.15) is 36.6 Å². The fraction of sp³-hybridized carbons (Fsp3) is 0.250. The third kappa shape index (κ3) is 3.55. The molecule has 178 valence electrons. The molecular weight excluding hydrogens is 440 g/mol. The average molecular weight is 469 g/mol. The van der Waals surface area contributed by atoms with Gasteiger partial charge in [0.15, 0.2) is 0 Å². The molecule has 2 aliphatic rings. The minimum Gasteiger partial charge on any atom is -0.463 e. The molecule has 3 aromatic carbocycles. The number of hydrogen-bond acceptors (Lipinski definition) is 6. The van der Waals surface area contributed by atoms with E-state index in [0.717, 1.165) is 22.4 Å². The summed E-state index contributed by atoms with van der Waals surface area (Å²) in [4.78, 5) is 31.1. The fourth-order valence-electron chi connectivity index (χ4n) is 4.91. The van der Waals surface area contributed by atoms with Gasteiger partial charge in [0, 0.05) is 6.54 Å². The van der Waals surface area contributed by atoms with Crippen molar-refractivity contribution in [3.8, 4) is 0 Å². The number of esters is 1. The maximum Gasteiger partial charge on any atom is 0.376 e. The number of benzene rings is 3. The van der Waals surface area contributed by atoms with Crippen LogP contribution in [0.15, 0.2) is 84.0 Å². The number of carbonyl (C=O) groups is 2. The van der Waals surface area contributed by atoms with Crippen LogP contribution in [0.5, 0.6) is 0 Å². The topological polar surface area (TPSA) is 65.5 Å². The van der Waals surface area contributed by atoms with Crippen molar-refractivity contribution in [2.45, 2.75) is 39.0 Å². The van der Waals surface area contributed by atoms with Crippen molar-refractivity contribution in [2.24, 2.45) is 5.10 Å². The number of ether oxygens (including phenoxy) is 1. The number of para-hydroxylation sites is 1. The summed E-state index contributed by atoms with van der Waals surface area (Å²) in [7, 11) is 1.33. The molecule has 7 heteroatoms. The molecule has 0 unspecified atom stereocenters. The van der Waals surface area contributed by atoms with Gasteiger partial charge in [0.2, 0.25) is 11.5 Å². The van der Waals surface area contributed by atoms with Gasteiger partial charge in [-0.1, -0.05) is 66.2 Å². The number of anilines is 2. The SMILES string of the molecule is COC(=O)C1=NN(c2ccc(C)cc2)[C@]2(C)C(=O)N([C@@H](C)c3ccccc3)Cc3ccccc3N12. The van der Waals surface area contributed by atoms with Gasteiger partial charge >= 0.3 is 5.97 Å². The summed E-state index contributed by atoms with van der Waals surface area (Å²) in [5.41, 5.74) is 3.18. The fourth-order valence-corrected chi connectivity index (χ4v) is 4.91. The van der Waals surface area contributed by atoms with Crippen molar-refractivity contribution in [1.29, 1.82) is 0 Å². The van der Waals surface area contributed by atoms with Gasteiger partial charge in [-0.3, -0.25) is 9.69 Å². The summed E-state index contributed by atoms with van der Waals surface area (Å²) in [6.45, 7) is 6.25. The molecule has 5 rings (SSSR count). The Hall–Kier alpha value is -4.13. The van der Waals surface area contributed by atoms with Crippen molar-refractivity contribution < 1.29 is 14.3 Å². The molecule has 1 amide bonds. The molecule has 2 aliphatic heterocycles. The Morgan fingerprint density at radius 2 is 1.66 bits per heavy atom. The second kappa shape index (κ2) is 8.58. The van der Waals surface area contributed by atoms with Gasteiger partial charge in [0.1, 0.15) is 0 Å². The van der Waals surface area contributed by atoms with Crippen LogP contribution >= 0.6 is 0 Å². The summed E-state index contributed by atoms with van der Waals surface area (Å²) in [5.74, 6) is -0.683. The van der Waals surface area contributed by atoms with Gasteiger partial charge in [-0.2, -0.15) is 0 Å². The van der Waals surface area contributed by atoms with E-state index < -0.39 is 11.6 Å². The first-order valence-corrected chi connectivity index (χ1v) is 11.6. The molecule has 0 fully saturated rings. The van der Waals surface area contributed by atoms with Crippen molar-refractivity contribution in [2.75, 3.05) is 17.0 Å². The minimum atomic E-state index is -1.32.